The standard InChI is InChI=1S/C22H17BrFN3O3/c1-22(16-8-4-6-13-5-2-3-7-15(13)16)20(29)27(21(30)26-22)12-19(28)25-18-10-9-14(23)11-17(18)24/h2-11H,12H2,1H3,(H,25,28)(H,26,30). The normalized spacial score (nSPS) is 18.6. The maximum atomic E-state index is 14.0. The monoisotopic (exact) mass is 469 g/mol. The largest absolute Gasteiger partial charge is 0.325 e. The minimum absolute atomic E-state index is 0.0351. The van der Waals surface area contributed by atoms with Gasteiger partial charge in [0.05, 0.1) is 5.69 Å². The number of imide groups is 1. The fourth-order valence-corrected chi connectivity index (χ4v) is 3.94. The topological polar surface area (TPSA) is 78.5 Å². The first-order valence-electron chi connectivity index (χ1n) is 9.17. The van der Waals surface area contributed by atoms with Gasteiger partial charge < -0.3 is 10.6 Å². The molecule has 6 nitrogen and oxygen atoms in total. The Labute approximate surface area is 180 Å². The van der Waals surface area contributed by atoms with E-state index in [-0.39, 0.29) is 5.69 Å². The van der Waals surface area contributed by atoms with Crippen LogP contribution >= 0.6 is 15.9 Å². The lowest BCUT2D eigenvalue weighted by Gasteiger charge is -2.24. The molecule has 152 valence electrons. The van der Waals surface area contributed by atoms with Crippen LogP contribution in [0.5, 0.6) is 0 Å². The Balaban J connectivity index is 1.58. The first-order chi connectivity index (χ1) is 14.3. The molecule has 8 heteroatoms. The van der Waals surface area contributed by atoms with Crippen LogP contribution in [0.1, 0.15) is 12.5 Å². The van der Waals surface area contributed by atoms with E-state index in [9.17, 15) is 18.8 Å². The van der Waals surface area contributed by atoms with Gasteiger partial charge in [0, 0.05) is 4.47 Å². The Hall–Kier alpha value is -3.26. The molecule has 1 fully saturated rings. The van der Waals surface area contributed by atoms with Crippen molar-refractivity contribution in [3.63, 3.8) is 0 Å². The summed E-state index contributed by atoms with van der Waals surface area (Å²) in [5.74, 6) is -1.85. The lowest BCUT2D eigenvalue weighted by molar-refractivity contribution is -0.133. The SMILES string of the molecule is CC1(c2cccc3ccccc23)NC(=O)N(CC(=O)Nc2ccc(Br)cc2F)C1=O. The van der Waals surface area contributed by atoms with Gasteiger partial charge in [0.25, 0.3) is 5.91 Å². The summed E-state index contributed by atoms with van der Waals surface area (Å²) in [5, 5.41) is 6.86. The summed E-state index contributed by atoms with van der Waals surface area (Å²) in [7, 11) is 0. The zero-order chi connectivity index (χ0) is 21.5. The minimum atomic E-state index is -1.32. The van der Waals surface area contributed by atoms with E-state index >= 15 is 0 Å². The highest BCUT2D eigenvalue weighted by molar-refractivity contribution is 9.10. The highest BCUT2D eigenvalue weighted by Gasteiger charge is 2.50. The second-order valence-corrected chi connectivity index (χ2v) is 8.06. The maximum Gasteiger partial charge on any atom is 0.325 e. The Morgan fingerprint density at radius 1 is 1.13 bits per heavy atom. The van der Waals surface area contributed by atoms with Gasteiger partial charge in [-0.3, -0.25) is 14.5 Å². The number of urea groups is 1. The number of fused-ring (bicyclic) bond motifs is 1. The first kappa shape index (κ1) is 20.0. The van der Waals surface area contributed by atoms with E-state index in [1.54, 1.807) is 19.1 Å². The lowest BCUT2D eigenvalue weighted by atomic mass is 9.88. The van der Waals surface area contributed by atoms with E-state index in [4.69, 9.17) is 0 Å². The van der Waals surface area contributed by atoms with Gasteiger partial charge in [-0.1, -0.05) is 58.4 Å². The van der Waals surface area contributed by atoms with Gasteiger partial charge in [0.15, 0.2) is 0 Å². The quantitative estimate of drug-likeness (QED) is 0.563. The summed E-state index contributed by atoms with van der Waals surface area (Å²) >= 11 is 3.14. The third-order valence-corrected chi connectivity index (χ3v) is 5.60. The number of halogens is 2. The summed E-state index contributed by atoms with van der Waals surface area (Å²) < 4.78 is 14.5. The third-order valence-electron chi connectivity index (χ3n) is 5.11. The molecular weight excluding hydrogens is 453 g/mol. The van der Waals surface area contributed by atoms with E-state index in [2.05, 4.69) is 26.6 Å². The average molecular weight is 470 g/mol. The fourth-order valence-electron chi connectivity index (χ4n) is 3.61. The molecule has 0 saturated carbocycles. The molecular formula is C22H17BrFN3O3. The van der Waals surface area contributed by atoms with Gasteiger partial charge in [0.2, 0.25) is 5.91 Å². The van der Waals surface area contributed by atoms with Crippen LogP contribution in [0.15, 0.2) is 65.1 Å². The van der Waals surface area contributed by atoms with E-state index in [0.29, 0.717) is 10.0 Å². The van der Waals surface area contributed by atoms with Crippen molar-refractivity contribution in [1.82, 2.24) is 10.2 Å². The summed E-state index contributed by atoms with van der Waals surface area (Å²) in [6.07, 6.45) is 0. The molecule has 0 bridgehead atoms. The van der Waals surface area contributed by atoms with Crippen molar-refractivity contribution in [2.45, 2.75) is 12.5 Å². The van der Waals surface area contributed by atoms with Crippen molar-refractivity contribution >= 4 is 50.2 Å². The summed E-state index contributed by atoms with van der Waals surface area (Å²) in [6.45, 7) is 1.09. The minimum Gasteiger partial charge on any atom is -0.322 e. The maximum absolute atomic E-state index is 14.0. The number of rotatable bonds is 4. The van der Waals surface area contributed by atoms with Crippen molar-refractivity contribution in [2.24, 2.45) is 0 Å². The lowest BCUT2D eigenvalue weighted by Crippen LogP contribution is -2.42. The predicted octanol–water partition coefficient (Wildman–Crippen LogP) is 4.15. The van der Waals surface area contributed by atoms with Crippen LogP contribution in [-0.4, -0.2) is 29.3 Å². The molecule has 2 N–H and O–H groups in total. The number of benzene rings is 3. The highest BCUT2D eigenvalue weighted by atomic mass is 79.9. The first-order valence-corrected chi connectivity index (χ1v) is 9.96. The molecule has 1 aliphatic heterocycles. The van der Waals surface area contributed by atoms with Crippen LogP contribution in [0.2, 0.25) is 0 Å². The summed E-state index contributed by atoms with van der Waals surface area (Å²) in [6, 6.07) is 16.5. The van der Waals surface area contributed by atoms with Crippen LogP contribution in [0.25, 0.3) is 10.8 Å². The van der Waals surface area contributed by atoms with Gasteiger partial charge in [-0.15, -0.1) is 0 Å². The van der Waals surface area contributed by atoms with Crippen LogP contribution in [0.3, 0.4) is 0 Å². The molecule has 1 atom stereocenters. The number of amides is 4. The molecule has 0 aliphatic carbocycles. The number of nitrogens with one attached hydrogen (secondary N) is 2. The number of carbonyl (C=O) groups excluding carboxylic acids is 3. The number of hydrogen-bond acceptors (Lipinski definition) is 3. The molecule has 1 aliphatic rings. The molecule has 0 spiro atoms. The smallest absolute Gasteiger partial charge is 0.322 e. The van der Waals surface area contributed by atoms with E-state index in [1.165, 1.54) is 12.1 Å². The zero-order valence-corrected chi connectivity index (χ0v) is 17.5. The molecule has 30 heavy (non-hydrogen) atoms. The summed E-state index contributed by atoms with van der Waals surface area (Å²) in [4.78, 5) is 38.9. The van der Waals surface area contributed by atoms with Crippen molar-refractivity contribution < 1.29 is 18.8 Å². The van der Waals surface area contributed by atoms with Crippen molar-refractivity contribution in [3.8, 4) is 0 Å². The molecule has 0 radical (unpaired) electrons. The van der Waals surface area contributed by atoms with Crippen molar-refractivity contribution in [1.29, 1.82) is 0 Å². The number of carbonyl (C=O) groups is 3. The van der Waals surface area contributed by atoms with Crippen LogP contribution in [-0.2, 0) is 15.1 Å². The van der Waals surface area contributed by atoms with Crippen molar-refractivity contribution in [2.75, 3.05) is 11.9 Å². The Bertz CT molecular complexity index is 1190. The van der Waals surface area contributed by atoms with Crippen LogP contribution in [0, 0.1) is 5.82 Å². The number of hydrogen-bond donors (Lipinski definition) is 2. The van der Waals surface area contributed by atoms with Gasteiger partial charge in [-0.2, -0.15) is 0 Å². The fraction of sp³-hybridized carbons (Fsp3) is 0.136. The van der Waals surface area contributed by atoms with Crippen molar-refractivity contribution in [3.05, 3.63) is 76.5 Å². The Kier molecular flexibility index (Phi) is 5.03. The number of nitrogens with zero attached hydrogens (tertiary/aromatic N) is 1. The molecule has 1 unspecified atom stereocenters. The van der Waals surface area contributed by atoms with Gasteiger partial charge in [-0.05, 0) is 41.5 Å². The van der Waals surface area contributed by atoms with Gasteiger partial charge in [0.1, 0.15) is 17.9 Å². The molecule has 1 heterocycles. The molecule has 3 aromatic rings. The van der Waals surface area contributed by atoms with Crippen LogP contribution < -0.4 is 10.6 Å². The predicted molar refractivity (Wildman–Crippen MR) is 114 cm³/mol. The highest BCUT2D eigenvalue weighted by Crippen LogP contribution is 2.33. The van der Waals surface area contributed by atoms with E-state index in [0.717, 1.165) is 15.7 Å². The Morgan fingerprint density at radius 3 is 2.63 bits per heavy atom. The molecule has 4 amide bonds. The molecule has 0 aromatic heterocycles. The summed E-state index contributed by atoms with van der Waals surface area (Å²) in [5.41, 5.74) is -0.714. The van der Waals surface area contributed by atoms with Crippen LogP contribution in [0.4, 0.5) is 14.9 Å². The van der Waals surface area contributed by atoms with Gasteiger partial charge in [-0.25, -0.2) is 9.18 Å². The molecule has 4 rings (SSSR count). The van der Waals surface area contributed by atoms with Gasteiger partial charge >= 0.3 is 6.03 Å². The third kappa shape index (κ3) is 3.43. The Morgan fingerprint density at radius 2 is 1.87 bits per heavy atom. The zero-order valence-electron chi connectivity index (χ0n) is 15.9. The average Bonchev–Trinajstić information content (AvgIpc) is 2.93. The molecule has 3 aromatic carbocycles. The second-order valence-electron chi connectivity index (χ2n) is 7.15. The second kappa shape index (κ2) is 7.53. The number of anilines is 1. The van der Waals surface area contributed by atoms with E-state index < -0.39 is 35.7 Å². The van der Waals surface area contributed by atoms with E-state index in [1.807, 2.05) is 36.4 Å². The molecule has 1 saturated heterocycles.